The van der Waals surface area contributed by atoms with Crippen LogP contribution in [0.1, 0.15) is 12.5 Å². The molecule has 74 valence electrons. The van der Waals surface area contributed by atoms with Gasteiger partial charge in [0.15, 0.2) is 0 Å². The van der Waals surface area contributed by atoms with E-state index >= 15 is 0 Å². The van der Waals surface area contributed by atoms with Gasteiger partial charge in [0.25, 0.3) is 0 Å². The maximum atomic E-state index is 11.0. The van der Waals surface area contributed by atoms with Gasteiger partial charge in [-0.25, -0.2) is 9.78 Å². The highest BCUT2D eigenvalue weighted by molar-refractivity contribution is 9.10. The third-order valence-corrected chi connectivity index (χ3v) is 2.14. The average Bonchev–Trinajstić information content (AvgIpc) is 2.17. The number of pyridine rings is 1. The fourth-order valence-corrected chi connectivity index (χ4v) is 1.25. The predicted molar refractivity (Wildman–Crippen MR) is 57.6 cm³/mol. The number of carbonyl (C=O) groups excluding carboxylic acids is 1. The fourth-order valence-electron chi connectivity index (χ4n) is 0.871. The first-order chi connectivity index (χ1) is 6.74. The molecule has 1 rings (SSSR count). The summed E-state index contributed by atoms with van der Waals surface area (Å²) in [6.07, 6.45) is 4.71. The zero-order valence-corrected chi connectivity index (χ0v) is 9.32. The summed E-state index contributed by atoms with van der Waals surface area (Å²) < 4.78 is 5.45. The van der Waals surface area contributed by atoms with E-state index in [0.29, 0.717) is 11.2 Å². The van der Waals surface area contributed by atoms with Crippen molar-refractivity contribution in [1.82, 2.24) is 4.98 Å². The maximum absolute atomic E-state index is 11.0. The molecule has 0 amide bonds. The molecule has 1 aromatic heterocycles. The third-order valence-electron chi connectivity index (χ3n) is 1.47. The highest BCUT2D eigenvalue weighted by Crippen LogP contribution is 2.13. The van der Waals surface area contributed by atoms with Crippen LogP contribution in [-0.4, -0.2) is 17.6 Å². The van der Waals surface area contributed by atoms with Gasteiger partial charge < -0.3 is 4.74 Å². The molecule has 0 bridgehead atoms. The third kappa shape index (κ3) is 3.30. The van der Waals surface area contributed by atoms with E-state index in [-0.39, 0.29) is 5.97 Å². The number of hydrogen-bond donors (Lipinski definition) is 0. The minimum absolute atomic E-state index is 0.344. The smallest absolute Gasteiger partial charge is 0.330 e. The molecule has 0 saturated carbocycles. The van der Waals surface area contributed by atoms with Gasteiger partial charge in [0.05, 0.1) is 6.61 Å². The first-order valence-electron chi connectivity index (χ1n) is 4.19. The maximum Gasteiger partial charge on any atom is 0.330 e. The first-order valence-corrected chi connectivity index (χ1v) is 4.98. The first kappa shape index (κ1) is 10.9. The van der Waals surface area contributed by atoms with Crippen LogP contribution in [0.15, 0.2) is 29.0 Å². The van der Waals surface area contributed by atoms with E-state index in [1.165, 1.54) is 6.08 Å². The fraction of sp³-hybridized carbons (Fsp3) is 0.200. The predicted octanol–water partition coefficient (Wildman–Crippen LogP) is 2.42. The molecule has 0 radical (unpaired) electrons. The van der Waals surface area contributed by atoms with E-state index in [2.05, 4.69) is 20.9 Å². The Hall–Kier alpha value is -1.16. The number of esters is 1. The Labute approximate surface area is 90.9 Å². The summed E-state index contributed by atoms with van der Waals surface area (Å²) >= 11 is 3.27. The molecule has 0 aliphatic carbocycles. The summed E-state index contributed by atoms with van der Waals surface area (Å²) in [5.41, 5.74) is 0.848. The number of rotatable bonds is 3. The number of hydrogen-bond acceptors (Lipinski definition) is 3. The molecule has 0 aliphatic heterocycles. The van der Waals surface area contributed by atoms with Crippen LogP contribution in [0.2, 0.25) is 0 Å². The standard InChI is InChI=1S/C10H10BrNO2/c1-2-14-9(13)6-5-8-4-3-7-12-10(8)11/h3-7H,2H2,1H3. The van der Waals surface area contributed by atoms with Gasteiger partial charge in [0, 0.05) is 17.8 Å². The quantitative estimate of drug-likeness (QED) is 0.473. The summed E-state index contributed by atoms with van der Waals surface area (Å²) in [5.74, 6) is -0.344. The molecule has 0 N–H and O–H groups in total. The Morgan fingerprint density at radius 2 is 2.50 bits per heavy atom. The second-order valence-electron chi connectivity index (χ2n) is 2.47. The van der Waals surface area contributed by atoms with Crippen molar-refractivity contribution in [3.05, 3.63) is 34.6 Å². The highest BCUT2D eigenvalue weighted by Gasteiger charge is 1.97. The van der Waals surface area contributed by atoms with Gasteiger partial charge in [-0.05, 0) is 35.0 Å². The molecule has 0 aromatic carbocycles. The monoisotopic (exact) mass is 255 g/mol. The lowest BCUT2D eigenvalue weighted by atomic mass is 10.2. The van der Waals surface area contributed by atoms with Crippen LogP contribution < -0.4 is 0 Å². The molecule has 1 heterocycles. The lowest BCUT2D eigenvalue weighted by Gasteiger charge is -1.96. The van der Waals surface area contributed by atoms with E-state index < -0.39 is 0 Å². The van der Waals surface area contributed by atoms with Gasteiger partial charge in [-0.1, -0.05) is 6.07 Å². The van der Waals surface area contributed by atoms with Crippen molar-refractivity contribution < 1.29 is 9.53 Å². The van der Waals surface area contributed by atoms with E-state index in [1.54, 1.807) is 25.3 Å². The van der Waals surface area contributed by atoms with E-state index in [1.807, 2.05) is 6.07 Å². The molecule has 0 unspecified atom stereocenters. The van der Waals surface area contributed by atoms with Crippen LogP contribution >= 0.6 is 15.9 Å². The molecule has 1 aromatic rings. The minimum Gasteiger partial charge on any atom is -0.463 e. The Bertz CT molecular complexity index is 350. The summed E-state index contributed by atoms with van der Waals surface area (Å²) in [5, 5.41) is 0. The molecule has 0 aliphatic rings. The largest absolute Gasteiger partial charge is 0.463 e. The van der Waals surface area contributed by atoms with Crippen molar-refractivity contribution in [3.63, 3.8) is 0 Å². The normalized spacial score (nSPS) is 10.4. The second kappa shape index (κ2) is 5.54. The molecular formula is C10H10BrNO2. The SMILES string of the molecule is CCOC(=O)C=Cc1cccnc1Br. The lowest BCUT2D eigenvalue weighted by molar-refractivity contribution is -0.137. The van der Waals surface area contributed by atoms with E-state index in [9.17, 15) is 4.79 Å². The van der Waals surface area contributed by atoms with Crippen molar-refractivity contribution in [2.24, 2.45) is 0 Å². The van der Waals surface area contributed by atoms with Crippen LogP contribution in [0.5, 0.6) is 0 Å². The van der Waals surface area contributed by atoms with Crippen molar-refractivity contribution in [1.29, 1.82) is 0 Å². The number of nitrogens with zero attached hydrogens (tertiary/aromatic N) is 1. The molecule has 4 heteroatoms. The van der Waals surface area contributed by atoms with Crippen LogP contribution in [0, 0.1) is 0 Å². The molecule has 0 fully saturated rings. The lowest BCUT2D eigenvalue weighted by Crippen LogP contribution is -1.98. The van der Waals surface area contributed by atoms with E-state index in [4.69, 9.17) is 4.74 Å². The van der Waals surface area contributed by atoms with Gasteiger partial charge in [-0.15, -0.1) is 0 Å². The molecule has 14 heavy (non-hydrogen) atoms. The molecule has 0 atom stereocenters. The Balaban J connectivity index is 2.69. The van der Waals surface area contributed by atoms with Gasteiger partial charge in [-0.2, -0.15) is 0 Å². The number of aromatic nitrogens is 1. The number of carbonyl (C=O) groups is 1. The summed E-state index contributed by atoms with van der Waals surface area (Å²) in [4.78, 5) is 15.0. The number of halogens is 1. The zero-order chi connectivity index (χ0) is 10.4. The number of ether oxygens (including phenoxy) is 1. The van der Waals surface area contributed by atoms with Gasteiger partial charge >= 0.3 is 5.97 Å². The van der Waals surface area contributed by atoms with Crippen LogP contribution in [0.3, 0.4) is 0 Å². The van der Waals surface area contributed by atoms with Gasteiger partial charge in [0.1, 0.15) is 4.60 Å². The molecule has 3 nitrogen and oxygen atoms in total. The Kier molecular flexibility index (Phi) is 4.32. The molecule has 0 spiro atoms. The van der Waals surface area contributed by atoms with E-state index in [0.717, 1.165) is 5.56 Å². The van der Waals surface area contributed by atoms with Crippen LogP contribution in [0.4, 0.5) is 0 Å². The van der Waals surface area contributed by atoms with Crippen molar-refractivity contribution in [2.75, 3.05) is 6.61 Å². The summed E-state index contributed by atoms with van der Waals surface area (Å²) in [6.45, 7) is 2.16. The van der Waals surface area contributed by atoms with Crippen molar-refractivity contribution >= 4 is 28.0 Å². The van der Waals surface area contributed by atoms with Gasteiger partial charge in [-0.3, -0.25) is 0 Å². The summed E-state index contributed by atoms with van der Waals surface area (Å²) in [6, 6.07) is 3.66. The zero-order valence-electron chi connectivity index (χ0n) is 7.74. The summed E-state index contributed by atoms with van der Waals surface area (Å²) in [7, 11) is 0. The molecule has 0 saturated heterocycles. The average molecular weight is 256 g/mol. The molecular weight excluding hydrogens is 246 g/mol. The highest BCUT2D eigenvalue weighted by atomic mass is 79.9. The van der Waals surface area contributed by atoms with Crippen molar-refractivity contribution in [3.8, 4) is 0 Å². The second-order valence-corrected chi connectivity index (χ2v) is 3.22. The van der Waals surface area contributed by atoms with Crippen LogP contribution in [0.25, 0.3) is 6.08 Å². The minimum atomic E-state index is -0.344. The topological polar surface area (TPSA) is 39.2 Å². The van der Waals surface area contributed by atoms with Gasteiger partial charge in [0.2, 0.25) is 0 Å². The van der Waals surface area contributed by atoms with Crippen molar-refractivity contribution in [2.45, 2.75) is 6.92 Å². The Morgan fingerprint density at radius 3 is 3.14 bits per heavy atom. The Morgan fingerprint density at radius 1 is 1.71 bits per heavy atom. The van der Waals surface area contributed by atoms with Crippen LogP contribution in [-0.2, 0) is 9.53 Å².